The lowest BCUT2D eigenvalue weighted by atomic mass is 9.73. The average Bonchev–Trinajstić information content (AvgIpc) is 2.49. The average molecular weight is 473 g/mol. The van der Waals surface area contributed by atoms with Gasteiger partial charge in [-0.2, -0.15) is 0 Å². The molecule has 0 saturated heterocycles. The highest BCUT2D eigenvalue weighted by molar-refractivity contribution is 14.0. The lowest BCUT2D eigenvalue weighted by Crippen LogP contribution is -2.39. The molecule has 2 atom stereocenters. The van der Waals surface area contributed by atoms with Crippen molar-refractivity contribution in [2.24, 2.45) is 16.1 Å². The maximum Gasteiger partial charge on any atom is 0.573 e. The van der Waals surface area contributed by atoms with Crippen LogP contribution < -0.4 is 15.8 Å². The van der Waals surface area contributed by atoms with Crippen molar-refractivity contribution in [3.05, 3.63) is 24.3 Å². The summed E-state index contributed by atoms with van der Waals surface area (Å²) in [6.45, 7) is 2.37. The minimum atomic E-state index is -4.72. The van der Waals surface area contributed by atoms with Crippen LogP contribution in [0.4, 0.5) is 18.9 Å². The van der Waals surface area contributed by atoms with Crippen molar-refractivity contribution in [3.63, 3.8) is 0 Å². The highest BCUT2D eigenvalue weighted by Crippen LogP contribution is 2.36. The van der Waals surface area contributed by atoms with E-state index in [2.05, 4.69) is 15.0 Å². The van der Waals surface area contributed by atoms with E-state index in [4.69, 9.17) is 5.73 Å². The predicted octanol–water partition coefficient (Wildman–Crippen LogP) is 3.87. The molecule has 0 amide bonds. The third kappa shape index (κ3) is 6.89. The van der Waals surface area contributed by atoms with Crippen LogP contribution in [0.5, 0.6) is 5.75 Å². The van der Waals surface area contributed by atoms with Gasteiger partial charge in [-0.3, -0.25) is 4.99 Å². The van der Waals surface area contributed by atoms with Gasteiger partial charge in [-0.15, -0.1) is 37.1 Å². The lowest BCUT2D eigenvalue weighted by molar-refractivity contribution is -0.274. The minimum absolute atomic E-state index is 0. The zero-order valence-electron chi connectivity index (χ0n) is 13.8. The third-order valence-corrected chi connectivity index (χ3v) is 4.25. The SMILES string of the molecule is CC1(CN=C(N)Nc2ccc(OC(F)(F)F)cc2)CCCCC1O.I. The first kappa shape index (κ1) is 21.8. The minimum Gasteiger partial charge on any atom is -0.406 e. The number of ether oxygens (including phenoxy) is 1. The first-order valence-corrected chi connectivity index (χ1v) is 7.79. The van der Waals surface area contributed by atoms with Gasteiger partial charge in [0.1, 0.15) is 5.75 Å². The molecule has 1 aliphatic carbocycles. The summed E-state index contributed by atoms with van der Waals surface area (Å²) >= 11 is 0. The molecule has 9 heteroatoms. The maximum atomic E-state index is 12.1. The second-order valence-electron chi connectivity index (χ2n) is 6.31. The van der Waals surface area contributed by atoms with E-state index >= 15 is 0 Å². The number of aliphatic hydroxyl groups is 1. The van der Waals surface area contributed by atoms with Crippen molar-refractivity contribution in [2.75, 3.05) is 11.9 Å². The molecule has 0 heterocycles. The molecule has 1 aromatic carbocycles. The number of anilines is 1. The molecule has 5 nitrogen and oxygen atoms in total. The smallest absolute Gasteiger partial charge is 0.406 e. The summed E-state index contributed by atoms with van der Waals surface area (Å²) in [6, 6.07) is 5.21. The number of benzene rings is 1. The van der Waals surface area contributed by atoms with Gasteiger partial charge in [0.05, 0.1) is 12.6 Å². The normalized spacial score (nSPS) is 24.4. The summed E-state index contributed by atoms with van der Waals surface area (Å²) in [6.07, 6.45) is -1.40. The fourth-order valence-corrected chi connectivity index (χ4v) is 2.76. The Balaban J connectivity index is 0.00000312. The molecule has 0 spiro atoms. The van der Waals surface area contributed by atoms with E-state index in [9.17, 15) is 18.3 Å². The molecule has 1 fully saturated rings. The number of nitrogens with zero attached hydrogens (tertiary/aromatic N) is 1. The Bertz CT molecular complexity index is 581. The van der Waals surface area contributed by atoms with Crippen molar-refractivity contribution in [1.29, 1.82) is 0 Å². The van der Waals surface area contributed by atoms with E-state index in [1.165, 1.54) is 24.3 Å². The molecule has 4 N–H and O–H groups in total. The number of nitrogens with one attached hydrogen (secondary N) is 1. The summed E-state index contributed by atoms with van der Waals surface area (Å²) in [5.41, 5.74) is 6.02. The fourth-order valence-electron chi connectivity index (χ4n) is 2.76. The van der Waals surface area contributed by atoms with E-state index in [1.807, 2.05) is 6.92 Å². The van der Waals surface area contributed by atoms with Crippen LogP contribution in [0.3, 0.4) is 0 Å². The number of guanidine groups is 1. The number of hydrogen-bond acceptors (Lipinski definition) is 3. The number of alkyl halides is 3. The molecule has 0 aliphatic heterocycles. The number of aliphatic imine (C=N–C) groups is 1. The number of hydrogen-bond donors (Lipinski definition) is 3. The van der Waals surface area contributed by atoms with Gasteiger partial charge in [0.15, 0.2) is 5.96 Å². The van der Waals surface area contributed by atoms with Gasteiger partial charge in [-0.25, -0.2) is 0 Å². The number of rotatable bonds is 4. The molecule has 2 unspecified atom stereocenters. The summed E-state index contributed by atoms with van der Waals surface area (Å²) in [4.78, 5) is 4.26. The molecule has 0 aromatic heterocycles. The molecule has 1 aromatic rings. The first-order chi connectivity index (χ1) is 11.2. The quantitative estimate of drug-likeness (QED) is 0.353. The van der Waals surface area contributed by atoms with E-state index in [0.29, 0.717) is 12.2 Å². The van der Waals surface area contributed by atoms with Crippen molar-refractivity contribution in [3.8, 4) is 5.75 Å². The van der Waals surface area contributed by atoms with E-state index in [1.54, 1.807) is 0 Å². The van der Waals surface area contributed by atoms with Crippen LogP contribution in [-0.4, -0.2) is 30.1 Å². The zero-order valence-corrected chi connectivity index (χ0v) is 16.2. The van der Waals surface area contributed by atoms with Gasteiger partial charge in [0.2, 0.25) is 0 Å². The zero-order chi connectivity index (χ0) is 17.8. The van der Waals surface area contributed by atoms with Crippen LogP contribution in [0.15, 0.2) is 29.3 Å². The third-order valence-electron chi connectivity index (χ3n) is 4.25. The van der Waals surface area contributed by atoms with Gasteiger partial charge in [-0.05, 0) is 37.1 Å². The highest BCUT2D eigenvalue weighted by Gasteiger charge is 2.35. The van der Waals surface area contributed by atoms with Gasteiger partial charge in [0, 0.05) is 11.1 Å². The highest BCUT2D eigenvalue weighted by atomic mass is 127. The maximum absolute atomic E-state index is 12.1. The first-order valence-electron chi connectivity index (χ1n) is 7.79. The van der Waals surface area contributed by atoms with Gasteiger partial charge < -0.3 is 20.9 Å². The molecule has 0 radical (unpaired) electrons. The van der Waals surface area contributed by atoms with Crippen molar-refractivity contribution in [2.45, 2.75) is 45.1 Å². The van der Waals surface area contributed by atoms with Gasteiger partial charge in [-0.1, -0.05) is 19.8 Å². The van der Waals surface area contributed by atoms with Crippen LogP contribution in [0.25, 0.3) is 0 Å². The molecule has 0 bridgehead atoms. The summed E-state index contributed by atoms with van der Waals surface area (Å²) < 4.78 is 40.1. The van der Waals surface area contributed by atoms with E-state index in [-0.39, 0.29) is 41.1 Å². The molecule has 1 saturated carbocycles. The van der Waals surface area contributed by atoms with Crippen molar-refractivity contribution >= 4 is 35.6 Å². The Morgan fingerprint density at radius 3 is 2.56 bits per heavy atom. The van der Waals surface area contributed by atoms with E-state index < -0.39 is 12.5 Å². The number of halogens is 4. The Labute approximate surface area is 161 Å². The van der Waals surface area contributed by atoms with Crippen LogP contribution in [-0.2, 0) is 0 Å². The predicted molar refractivity (Wildman–Crippen MR) is 101 cm³/mol. The van der Waals surface area contributed by atoms with Crippen molar-refractivity contribution < 1.29 is 23.0 Å². The second-order valence-corrected chi connectivity index (χ2v) is 6.31. The standard InChI is InChI=1S/C16H22F3N3O2.HI/c1-15(9-3-2-4-13(15)23)10-21-14(20)22-11-5-7-12(8-6-11)24-16(17,18)19;/h5-8,13,23H,2-4,9-10H2,1H3,(H3,20,21,22);1H. The Hall–Kier alpha value is -1.23. The lowest BCUT2D eigenvalue weighted by Gasteiger charge is -2.37. The largest absolute Gasteiger partial charge is 0.573 e. The summed E-state index contributed by atoms with van der Waals surface area (Å²) in [5.74, 6) is -0.153. The number of nitrogens with two attached hydrogens (primary N) is 1. The Morgan fingerprint density at radius 2 is 2.00 bits per heavy atom. The molecule has 2 rings (SSSR count). The van der Waals surface area contributed by atoms with Gasteiger partial charge >= 0.3 is 6.36 Å². The van der Waals surface area contributed by atoms with Gasteiger partial charge in [0.25, 0.3) is 0 Å². The molecule has 25 heavy (non-hydrogen) atoms. The molecule has 1 aliphatic rings. The Morgan fingerprint density at radius 1 is 1.36 bits per heavy atom. The molecular formula is C16H23F3IN3O2. The van der Waals surface area contributed by atoms with Crippen LogP contribution >= 0.6 is 24.0 Å². The van der Waals surface area contributed by atoms with Crippen LogP contribution in [0.2, 0.25) is 0 Å². The number of aliphatic hydroxyl groups excluding tert-OH is 1. The van der Waals surface area contributed by atoms with Crippen LogP contribution in [0.1, 0.15) is 32.6 Å². The summed E-state index contributed by atoms with van der Waals surface area (Å²) in [7, 11) is 0. The second kappa shape index (κ2) is 8.93. The molecule has 142 valence electrons. The van der Waals surface area contributed by atoms with E-state index in [0.717, 1.165) is 25.7 Å². The fraction of sp³-hybridized carbons (Fsp3) is 0.562. The van der Waals surface area contributed by atoms with Crippen molar-refractivity contribution in [1.82, 2.24) is 0 Å². The van der Waals surface area contributed by atoms with Crippen LogP contribution in [0, 0.1) is 5.41 Å². The monoisotopic (exact) mass is 473 g/mol. The summed E-state index contributed by atoms with van der Waals surface area (Å²) in [5, 5.41) is 12.9. The molecular weight excluding hydrogens is 450 g/mol. The Kier molecular flexibility index (Phi) is 7.79. The topological polar surface area (TPSA) is 79.9 Å².